The Hall–Kier alpha value is -2.99. The van der Waals surface area contributed by atoms with Crippen LogP contribution in [0.3, 0.4) is 0 Å². The average molecular weight is 525 g/mol. The second-order valence-electron chi connectivity index (χ2n) is 9.40. The highest BCUT2D eigenvalue weighted by atomic mass is 79.9. The Labute approximate surface area is 209 Å². The number of carbonyl (C=O) groups is 2. The summed E-state index contributed by atoms with van der Waals surface area (Å²) in [7, 11) is 0. The van der Waals surface area contributed by atoms with Gasteiger partial charge in [-0.1, -0.05) is 70.5 Å². The minimum atomic E-state index is -0.714. The lowest BCUT2D eigenvalue weighted by Gasteiger charge is -2.34. The molecule has 3 rings (SSSR count). The third-order valence-corrected chi connectivity index (χ3v) is 5.77. The number of hydrogen-bond acceptors (Lipinski definition) is 2. The van der Waals surface area contributed by atoms with Crippen LogP contribution in [0.1, 0.15) is 37.5 Å². The Morgan fingerprint density at radius 3 is 2.18 bits per heavy atom. The lowest BCUT2D eigenvalue weighted by Crippen LogP contribution is -2.54. The van der Waals surface area contributed by atoms with Crippen LogP contribution in [0.15, 0.2) is 83.3 Å². The highest BCUT2D eigenvalue weighted by Gasteiger charge is 2.32. The summed E-state index contributed by atoms with van der Waals surface area (Å²) in [5.74, 6) is -0.760. The van der Waals surface area contributed by atoms with Gasteiger partial charge in [0.15, 0.2) is 0 Å². The van der Waals surface area contributed by atoms with Gasteiger partial charge in [-0.2, -0.15) is 0 Å². The fraction of sp³-hybridized carbons (Fsp3) is 0.286. The van der Waals surface area contributed by atoms with E-state index in [4.69, 9.17) is 0 Å². The Balaban J connectivity index is 1.98. The van der Waals surface area contributed by atoms with Gasteiger partial charge >= 0.3 is 0 Å². The molecule has 0 fully saturated rings. The van der Waals surface area contributed by atoms with Gasteiger partial charge in [-0.25, -0.2) is 4.39 Å². The minimum absolute atomic E-state index is 0.0718. The van der Waals surface area contributed by atoms with Gasteiger partial charge in [0.25, 0.3) is 0 Å². The molecule has 0 saturated heterocycles. The molecule has 0 aliphatic rings. The Morgan fingerprint density at radius 1 is 0.912 bits per heavy atom. The summed E-state index contributed by atoms with van der Waals surface area (Å²) in [6.07, 6.45) is 0.453. The zero-order chi connectivity index (χ0) is 24.7. The van der Waals surface area contributed by atoms with Crippen LogP contribution in [0.5, 0.6) is 0 Å². The summed E-state index contributed by atoms with van der Waals surface area (Å²) in [4.78, 5) is 28.8. The molecule has 3 aromatic rings. The molecule has 4 nitrogen and oxygen atoms in total. The van der Waals surface area contributed by atoms with Gasteiger partial charge in [0.05, 0.1) is 6.42 Å². The van der Waals surface area contributed by atoms with E-state index in [0.29, 0.717) is 12.0 Å². The topological polar surface area (TPSA) is 49.4 Å². The molecule has 0 aliphatic heterocycles. The zero-order valence-corrected chi connectivity index (χ0v) is 21.3. The second-order valence-corrected chi connectivity index (χ2v) is 10.3. The molecule has 1 N–H and O–H groups in total. The first-order valence-electron chi connectivity index (χ1n) is 11.2. The van der Waals surface area contributed by atoms with Gasteiger partial charge in [-0.05, 0) is 61.7 Å². The maximum Gasteiger partial charge on any atom is 0.243 e. The van der Waals surface area contributed by atoms with E-state index in [1.165, 1.54) is 12.1 Å². The molecular formula is C28H30BrFN2O2. The van der Waals surface area contributed by atoms with Crippen molar-refractivity contribution in [1.29, 1.82) is 0 Å². The van der Waals surface area contributed by atoms with E-state index in [1.54, 1.807) is 17.0 Å². The number of nitrogens with one attached hydrogen (secondary N) is 1. The third kappa shape index (κ3) is 7.80. The number of halogens is 2. The summed E-state index contributed by atoms with van der Waals surface area (Å²) in [6.45, 7) is 6.03. The number of hydrogen-bond donors (Lipinski definition) is 1. The predicted molar refractivity (Wildman–Crippen MR) is 137 cm³/mol. The van der Waals surface area contributed by atoms with Crippen molar-refractivity contribution in [2.24, 2.45) is 0 Å². The average Bonchev–Trinajstić information content (AvgIpc) is 2.77. The van der Waals surface area contributed by atoms with Gasteiger partial charge in [0, 0.05) is 23.0 Å². The van der Waals surface area contributed by atoms with E-state index in [0.717, 1.165) is 15.6 Å². The Morgan fingerprint density at radius 2 is 1.56 bits per heavy atom. The van der Waals surface area contributed by atoms with Crippen molar-refractivity contribution in [2.75, 3.05) is 0 Å². The van der Waals surface area contributed by atoms with Crippen molar-refractivity contribution in [3.05, 3.63) is 106 Å². The number of rotatable bonds is 8. The molecule has 3 aromatic carbocycles. The first-order chi connectivity index (χ1) is 16.1. The van der Waals surface area contributed by atoms with Gasteiger partial charge in [0.2, 0.25) is 11.8 Å². The number of benzene rings is 3. The van der Waals surface area contributed by atoms with Crippen molar-refractivity contribution in [3.63, 3.8) is 0 Å². The van der Waals surface area contributed by atoms with Crippen LogP contribution in [0, 0.1) is 5.82 Å². The number of amides is 2. The van der Waals surface area contributed by atoms with E-state index >= 15 is 0 Å². The second kappa shape index (κ2) is 11.4. The third-order valence-electron chi connectivity index (χ3n) is 5.28. The van der Waals surface area contributed by atoms with Crippen molar-refractivity contribution in [3.8, 4) is 0 Å². The van der Waals surface area contributed by atoms with E-state index in [9.17, 15) is 14.0 Å². The molecule has 178 valence electrons. The summed E-state index contributed by atoms with van der Waals surface area (Å²) in [6, 6.07) is 22.6. The van der Waals surface area contributed by atoms with E-state index in [1.807, 2.05) is 75.4 Å². The first kappa shape index (κ1) is 25.6. The molecule has 2 amide bonds. The zero-order valence-electron chi connectivity index (χ0n) is 19.7. The van der Waals surface area contributed by atoms with Crippen molar-refractivity contribution in [2.45, 2.75) is 51.7 Å². The smallest absolute Gasteiger partial charge is 0.243 e. The van der Waals surface area contributed by atoms with Crippen LogP contribution in [-0.4, -0.2) is 28.3 Å². The van der Waals surface area contributed by atoms with Crippen molar-refractivity contribution < 1.29 is 14.0 Å². The van der Waals surface area contributed by atoms with Crippen LogP contribution in [0.4, 0.5) is 4.39 Å². The fourth-order valence-electron chi connectivity index (χ4n) is 3.72. The molecule has 0 aromatic heterocycles. The highest BCUT2D eigenvalue weighted by molar-refractivity contribution is 9.10. The number of carbonyl (C=O) groups excluding carboxylic acids is 2. The van der Waals surface area contributed by atoms with E-state index < -0.39 is 11.6 Å². The molecule has 1 atom stereocenters. The number of nitrogens with zero attached hydrogens (tertiary/aromatic N) is 1. The van der Waals surface area contributed by atoms with Gasteiger partial charge in [-0.3, -0.25) is 9.59 Å². The highest BCUT2D eigenvalue weighted by Crippen LogP contribution is 2.19. The van der Waals surface area contributed by atoms with Crippen LogP contribution in [0.2, 0.25) is 0 Å². The Kier molecular flexibility index (Phi) is 8.61. The molecular weight excluding hydrogens is 495 g/mol. The molecule has 0 spiro atoms. The first-order valence-corrected chi connectivity index (χ1v) is 12.0. The summed E-state index contributed by atoms with van der Waals surface area (Å²) >= 11 is 3.49. The predicted octanol–water partition coefficient (Wildman–Crippen LogP) is 5.69. The molecule has 0 saturated carbocycles. The summed E-state index contributed by atoms with van der Waals surface area (Å²) < 4.78 is 14.3. The molecule has 0 radical (unpaired) electrons. The van der Waals surface area contributed by atoms with Crippen LogP contribution >= 0.6 is 15.9 Å². The van der Waals surface area contributed by atoms with Crippen LogP contribution in [-0.2, 0) is 29.0 Å². The van der Waals surface area contributed by atoms with Crippen LogP contribution < -0.4 is 5.32 Å². The van der Waals surface area contributed by atoms with Gasteiger partial charge < -0.3 is 10.2 Å². The van der Waals surface area contributed by atoms with E-state index in [-0.39, 0.29) is 30.6 Å². The molecule has 6 heteroatoms. The summed E-state index contributed by atoms with van der Waals surface area (Å²) in [5.41, 5.74) is 2.11. The molecule has 0 aliphatic carbocycles. The fourth-order valence-corrected chi connectivity index (χ4v) is 4.16. The van der Waals surface area contributed by atoms with E-state index in [2.05, 4.69) is 21.2 Å². The van der Waals surface area contributed by atoms with Gasteiger partial charge in [0.1, 0.15) is 11.9 Å². The standard InChI is InChI=1S/C28H30BrFN2O2/c1-28(2,3)31-27(34)25(17-20-8-5-4-6-9-20)32(19-22-10-7-11-23(29)16-22)26(33)18-21-12-14-24(30)15-13-21/h4-16,25H,17-19H2,1-3H3,(H,31,34)/t25-/m0/s1. The van der Waals surface area contributed by atoms with Gasteiger partial charge in [-0.15, -0.1) is 0 Å². The maximum atomic E-state index is 13.6. The molecule has 34 heavy (non-hydrogen) atoms. The van der Waals surface area contributed by atoms with Crippen LogP contribution in [0.25, 0.3) is 0 Å². The Bertz CT molecular complexity index is 1110. The maximum absolute atomic E-state index is 13.6. The molecule has 0 unspecified atom stereocenters. The quantitative estimate of drug-likeness (QED) is 0.411. The normalized spacial score (nSPS) is 12.1. The van der Waals surface area contributed by atoms with Crippen molar-refractivity contribution in [1.82, 2.24) is 10.2 Å². The van der Waals surface area contributed by atoms with Crippen molar-refractivity contribution >= 4 is 27.7 Å². The minimum Gasteiger partial charge on any atom is -0.350 e. The SMILES string of the molecule is CC(C)(C)NC(=O)[C@H](Cc1ccccc1)N(Cc1cccc(Br)c1)C(=O)Cc1ccc(F)cc1. The monoisotopic (exact) mass is 524 g/mol. The molecule has 0 bridgehead atoms. The lowest BCUT2D eigenvalue weighted by molar-refractivity contribution is -0.141. The lowest BCUT2D eigenvalue weighted by atomic mass is 10.00. The summed E-state index contributed by atoms with van der Waals surface area (Å²) in [5, 5.41) is 3.05. The largest absolute Gasteiger partial charge is 0.350 e. The molecule has 0 heterocycles.